The number of hydrogen-bond donors (Lipinski definition) is 2. The minimum atomic E-state index is -0.896. The van der Waals surface area contributed by atoms with Crippen molar-refractivity contribution in [3.8, 4) is 0 Å². The van der Waals surface area contributed by atoms with Crippen LogP contribution in [0.4, 0.5) is 0 Å². The van der Waals surface area contributed by atoms with Crippen molar-refractivity contribution < 1.29 is 19.1 Å². The zero-order chi connectivity index (χ0) is 16.7. The number of nitrogens with one attached hydrogen (secondary N) is 1. The molecule has 0 aliphatic heterocycles. The lowest BCUT2D eigenvalue weighted by Crippen LogP contribution is -2.20. The van der Waals surface area contributed by atoms with Gasteiger partial charge >= 0.3 is 11.9 Å². The minimum absolute atomic E-state index is 0.0368. The molecule has 0 aliphatic rings. The maximum Gasteiger partial charge on any atom is 0.313 e. The van der Waals surface area contributed by atoms with E-state index in [1.54, 1.807) is 6.07 Å². The molecule has 0 atom stereocenters. The third kappa shape index (κ3) is 5.57. The Kier molecular flexibility index (Phi) is 6.42. The summed E-state index contributed by atoms with van der Waals surface area (Å²) in [5, 5.41) is 12.8. The summed E-state index contributed by atoms with van der Waals surface area (Å²) < 4.78 is 5.60. The maximum absolute atomic E-state index is 11.9. The highest BCUT2D eigenvalue weighted by Gasteiger charge is 2.11. The molecule has 1 aromatic carbocycles. The molecule has 1 heterocycles. The first-order valence-corrected chi connectivity index (χ1v) is 8.48. The molecule has 0 unspecified atom stereocenters. The van der Waals surface area contributed by atoms with Crippen LogP contribution in [0.25, 0.3) is 0 Å². The number of carbonyl (C=O) groups is 2. The molecule has 0 fully saturated rings. The lowest BCUT2D eigenvalue weighted by atomic mass is 10.1. The fraction of sp³-hybridized carbons (Fsp3) is 0.133. The zero-order valence-electron chi connectivity index (χ0n) is 11.9. The number of furan rings is 1. The summed E-state index contributed by atoms with van der Waals surface area (Å²) in [7, 11) is 0. The molecule has 2 rings (SSSR count). The van der Waals surface area contributed by atoms with Crippen molar-refractivity contribution in [3.05, 3.63) is 58.5 Å². The monoisotopic (exact) mass is 396 g/mol. The van der Waals surface area contributed by atoms with Crippen molar-refractivity contribution in [3.63, 3.8) is 0 Å². The maximum atomic E-state index is 11.9. The number of benzene rings is 1. The highest BCUT2D eigenvalue weighted by Crippen LogP contribution is 2.14. The van der Waals surface area contributed by atoms with Gasteiger partial charge in [-0.1, -0.05) is 30.3 Å². The minimum Gasteiger partial charge on any atom is -0.481 e. The van der Waals surface area contributed by atoms with Gasteiger partial charge in [0.25, 0.3) is 0 Å². The number of carbonyl (C=O) groups excluding carboxylic acids is 1. The van der Waals surface area contributed by atoms with Crippen molar-refractivity contribution in [1.82, 2.24) is 5.43 Å². The second-order valence-corrected chi connectivity index (χ2v) is 6.12. The Balaban J connectivity index is 2.09. The summed E-state index contributed by atoms with van der Waals surface area (Å²) in [5.41, 5.74) is 3.81. The van der Waals surface area contributed by atoms with Gasteiger partial charge in [0.1, 0.15) is 0 Å². The molecule has 23 heavy (non-hydrogen) atoms. The first-order valence-electron chi connectivity index (χ1n) is 6.53. The molecule has 0 radical (unpaired) electrons. The molecule has 2 aromatic rings. The Morgan fingerprint density at radius 3 is 2.52 bits per heavy atom. The molecule has 2 N–H and O–H groups in total. The van der Waals surface area contributed by atoms with E-state index in [1.807, 2.05) is 30.3 Å². The Labute approximate surface area is 145 Å². The van der Waals surface area contributed by atoms with Gasteiger partial charge in [0, 0.05) is 5.75 Å². The summed E-state index contributed by atoms with van der Waals surface area (Å²) in [4.78, 5) is 22.6. The molecule has 0 spiro atoms. The molecular weight excluding hydrogens is 384 g/mol. The van der Waals surface area contributed by atoms with E-state index in [1.165, 1.54) is 17.8 Å². The number of thioether (sulfide) groups is 1. The number of hydrogen-bond acceptors (Lipinski definition) is 5. The summed E-state index contributed by atoms with van der Waals surface area (Å²) in [6.45, 7) is 0. The van der Waals surface area contributed by atoms with E-state index in [4.69, 9.17) is 9.52 Å². The highest BCUT2D eigenvalue weighted by molar-refractivity contribution is 9.10. The molecule has 0 saturated carbocycles. The Hall–Kier alpha value is -2.06. The lowest BCUT2D eigenvalue weighted by molar-refractivity contribution is -0.133. The van der Waals surface area contributed by atoms with Gasteiger partial charge in [-0.25, -0.2) is 5.43 Å². The van der Waals surface area contributed by atoms with E-state index in [0.29, 0.717) is 16.1 Å². The molecule has 120 valence electrons. The van der Waals surface area contributed by atoms with Crippen molar-refractivity contribution in [2.24, 2.45) is 5.10 Å². The van der Waals surface area contributed by atoms with Crippen LogP contribution in [0.2, 0.25) is 0 Å². The van der Waals surface area contributed by atoms with Crippen LogP contribution in [-0.4, -0.2) is 34.2 Å². The van der Waals surface area contributed by atoms with Crippen molar-refractivity contribution >= 4 is 45.3 Å². The average molecular weight is 397 g/mol. The Bertz CT molecular complexity index is 715. The molecule has 0 bridgehead atoms. The Morgan fingerprint density at radius 2 is 1.91 bits per heavy atom. The van der Waals surface area contributed by atoms with Crippen LogP contribution in [0.1, 0.15) is 16.1 Å². The van der Waals surface area contributed by atoms with Crippen LogP contribution >= 0.6 is 27.7 Å². The third-order valence-corrected chi connectivity index (χ3v) is 4.02. The van der Waals surface area contributed by atoms with Gasteiger partial charge in [-0.05, 0) is 33.6 Å². The number of carboxylic acid groups (broad SMARTS) is 1. The first-order chi connectivity index (χ1) is 11.1. The Morgan fingerprint density at radius 1 is 1.17 bits per heavy atom. The molecule has 1 aromatic heterocycles. The second-order valence-electron chi connectivity index (χ2n) is 4.36. The summed E-state index contributed by atoms with van der Waals surface area (Å²) in [5.74, 6) is -0.922. The van der Waals surface area contributed by atoms with Gasteiger partial charge in [0.05, 0.1) is 11.5 Å². The van der Waals surface area contributed by atoms with E-state index in [9.17, 15) is 9.59 Å². The highest BCUT2D eigenvalue weighted by atomic mass is 79.9. The molecular formula is C15H13BrN2O4S. The molecule has 8 heteroatoms. The smallest absolute Gasteiger partial charge is 0.313 e. The summed E-state index contributed by atoms with van der Waals surface area (Å²) in [6.07, 6.45) is 0. The van der Waals surface area contributed by atoms with Gasteiger partial charge in [-0.3, -0.25) is 9.59 Å². The van der Waals surface area contributed by atoms with E-state index in [-0.39, 0.29) is 11.5 Å². The number of carboxylic acids is 1. The van der Waals surface area contributed by atoms with Gasteiger partial charge in [-0.15, -0.1) is 11.8 Å². The second kappa shape index (κ2) is 8.54. The van der Waals surface area contributed by atoms with Crippen LogP contribution in [-0.2, 0) is 4.79 Å². The van der Waals surface area contributed by atoms with Gasteiger partial charge in [0.2, 0.25) is 0 Å². The van der Waals surface area contributed by atoms with E-state index in [2.05, 4.69) is 26.5 Å². The fourth-order valence-electron chi connectivity index (χ4n) is 1.66. The van der Waals surface area contributed by atoms with Crippen LogP contribution in [0, 0.1) is 0 Å². The largest absolute Gasteiger partial charge is 0.481 e. The normalized spacial score (nSPS) is 11.3. The predicted octanol–water partition coefficient (Wildman–Crippen LogP) is 2.99. The SMILES string of the molecule is O=C(O)CSC/C(=N/NC(=O)c1ccc(Br)o1)c1ccccc1. The molecule has 6 nitrogen and oxygen atoms in total. The first kappa shape index (κ1) is 17.3. The standard InChI is InChI=1S/C15H13BrN2O4S/c16-13-7-6-12(22-13)15(21)18-17-11(8-23-9-14(19)20)10-4-2-1-3-5-10/h1-7H,8-9H2,(H,18,21)(H,19,20)/b17-11-. The van der Waals surface area contributed by atoms with Gasteiger partial charge < -0.3 is 9.52 Å². The number of hydrazone groups is 1. The van der Waals surface area contributed by atoms with E-state index >= 15 is 0 Å². The molecule has 0 aliphatic carbocycles. The fourth-order valence-corrected chi connectivity index (χ4v) is 2.66. The van der Waals surface area contributed by atoms with E-state index in [0.717, 1.165) is 5.56 Å². The van der Waals surface area contributed by atoms with Crippen molar-refractivity contribution in [2.45, 2.75) is 0 Å². The van der Waals surface area contributed by atoms with E-state index < -0.39 is 11.9 Å². The van der Waals surface area contributed by atoms with Crippen LogP contribution in [0.3, 0.4) is 0 Å². The van der Waals surface area contributed by atoms with Crippen LogP contribution in [0.5, 0.6) is 0 Å². The molecule has 1 amide bonds. The summed E-state index contributed by atoms with van der Waals surface area (Å²) in [6, 6.07) is 12.4. The van der Waals surface area contributed by atoms with Gasteiger partial charge in [-0.2, -0.15) is 5.10 Å². The van der Waals surface area contributed by atoms with Gasteiger partial charge in [0.15, 0.2) is 10.4 Å². The number of nitrogens with zero attached hydrogens (tertiary/aromatic N) is 1. The van der Waals surface area contributed by atoms with Crippen LogP contribution in [0.15, 0.2) is 56.7 Å². The van der Waals surface area contributed by atoms with Crippen molar-refractivity contribution in [2.75, 3.05) is 11.5 Å². The zero-order valence-corrected chi connectivity index (χ0v) is 14.3. The number of rotatable bonds is 7. The third-order valence-electron chi connectivity index (χ3n) is 2.66. The molecule has 0 saturated heterocycles. The quantitative estimate of drug-likeness (QED) is 0.554. The lowest BCUT2D eigenvalue weighted by Gasteiger charge is -2.06. The van der Waals surface area contributed by atoms with Crippen molar-refractivity contribution in [1.29, 1.82) is 0 Å². The summed E-state index contributed by atoms with van der Waals surface area (Å²) >= 11 is 4.33. The number of aliphatic carboxylic acids is 1. The topological polar surface area (TPSA) is 91.9 Å². The number of halogens is 1. The van der Waals surface area contributed by atoms with Crippen LogP contribution < -0.4 is 5.43 Å². The average Bonchev–Trinajstić information content (AvgIpc) is 2.97. The predicted molar refractivity (Wildman–Crippen MR) is 91.8 cm³/mol. The number of amides is 1.